The number of carbonyl (C=O) groups excluding carboxylic acids is 1. The lowest BCUT2D eigenvalue weighted by atomic mass is 9.93. The van der Waals surface area contributed by atoms with Crippen molar-refractivity contribution >= 4 is 38.7 Å². The van der Waals surface area contributed by atoms with Crippen molar-refractivity contribution in [1.29, 1.82) is 0 Å². The highest BCUT2D eigenvalue weighted by molar-refractivity contribution is 7.89. The van der Waals surface area contributed by atoms with Crippen molar-refractivity contribution in [3.63, 3.8) is 0 Å². The molecule has 13 heteroatoms. The average molecular weight is 639 g/mol. The number of carbonyl (C=O) groups is 1. The largest absolute Gasteiger partial charge is 0.399 e. The number of pyridine rings is 1. The number of halogens is 3. The van der Waals surface area contributed by atoms with Crippen LogP contribution in [-0.2, 0) is 21.2 Å². The molecule has 1 fully saturated rings. The van der Waals surface area contributed by atoms with Crippen LogP contribution in [0.3, 0.4) is 0 Å². The SMILES string of the molecule is CCC(=O)N(c1ccc(F)cc1)c1ccc(F)c(N)c1-c1cncc(F)c1CC[C@@H]1CNCCN1S(=O)(=O)c1ccc(N)cc1. The first kappa shape index (κ1) is 31.9. The summed E-state index contributed by atoms with van der Waals surface area (Å²) in [4.78, 5) is 18.6. The topological polar surface area (TPSA) is 135 Å². The van der Waals surface area contributed by atoms with Crippen molar-refractivity contribution in [2.24, 2.45) is 0 Å². The molecule has 5 N–H and O–H groups in total. The molecule has 0 aliphatic carbocycles. The summed E-state index contributed by atoms with van der Waals surface area (Å²) in [7, 11) is -3.89. The number of anilines is 4. The van der Waals surface area contributed by atoms with Gasteiger partial charge in [-0.2, -0.15) is 4.31 Å². The molecule has 0 saturated carbocycles. The van der Waals surface area contributed by atoms with E-state index in [-0.39, 0.29) is 58.8 Å². The predicted octanol–water partition coefficient (Wildman–Crippen LogP) is 5.00. The molecular formula is C32H33F3N6O3S. The molecule has 0 spiro atoms. The summed E-state index contributed by atoms with van der Waals surface area (Å²) >= 11 is 0. The molecular weight excluding hydrogens is 605 g/mol. The number of amides is 1. The number of hydrogen-bond donors (Lipinski definition) is 3. The summed E-state index contributed by atoms with van der Waals surface area (Å²) in [5, 5.41) is 3.20. The Balaban J connectivity index is 1.56. The Morgan fingerprint density at radius 2 is 1.71 bits per heavy atom. The van der Waals surface area contributed by atoms with Gasteiger partial charge in [0.25, 0.3) is 0 Å². The fraction of sp³-hybridized carbons (Fsp3) is 0.250. The number of benzene rings is 3. The summed E-state index contributed by atoms with van der Waals surface area (Å²) in [6.07, 6.45) is 2.65. The van der Waals surface area contributed by atoms with E-state index in [0.717, 1.165) is 12.3 Å². The van der Waals surface area contributed by atoms with E-state index >= 15 is 8.78 Å². The van der Waals surface area contributed by atoms with Gasteiger partial charge in [-0.3, -0.25) is 14.7 Å². The molecule has 9 nitrogen and oxygen atoms in total. The zero-order valence-electron chi connectivity index (χ0n) is 24.5. The molecule has 0 bridgehead atoms. The minimum atomic E-state index is -3.89. The van der Waals surface area contributed by atoms with Crippen LogP contribution in [0.2, 0.25) is 0 Å². The van der Waals surface area contributed by atoms with Crippen molar-refractivity contribution < 1.29 is 26.4 Å². The van der Waals surface area contributed by atoms with Crippen LogP contribution in [0.1, 0.15) is 25.3 Å². The van der Waals surface area contributed by atoms with Gasteiger partial charge in [-0.05, 0) is 79.1 Å². The van der Waals surface area contributed by atoms with Gasteiger partial charge < -0.3 is 16.8 Å². The number of hydrogen-bond acceptors (Lipinski definition) is 7. The molecule has 4 aromatic rings. The number of sulfonamides is 1. The fourth-order valence-corrected chi connectivity index (χ4v) is 7.19. The third-order valence-electron chi connectivity index (χ3n) is 7.83. The molecule has 1 aliphatic rings. The smallest absolute Gasteiger partial charge is 0.243 e. The zero-order chi connectivity index (χ0) is 32.3. The van der Waals surface area contributed by atoms with Crippen LogP contribution in [0.15, 0.2) is 78.0 Å². The summed E-state index contributed by atoms with van der Waals surface area (Å²) in [5.74, 6) is -2.39. The molecule has 1 aliphatic heterocycles. The molecule has 0 unspecified atom stereocenters. The molecule has 0 radical (unpaired) electrons. The maximum atomic E-state index is 15.6. The van der Waals surface area contributed by atoms with E-state index < -0.39 is 39.4 Å². The van der Waals surface area contributed by atoms with Crippen LogP contribution < -0.4 is 21.7 Å². The van der Waals surface area contributed by atoms with Crippen molar-refractivity contribution in [2.45, 2.75) is 37.1 Å². The van der Waals surface area contributed by atoms with Crippen molar-refractivity contribution in [2.75, 3.05) is 36.0 Å². The Kier molecular flexibility index (Phi) is 9.42. The number of nitrogens with one attached hydrogen (secondary N) is 1. The second-order valence-electron chi connectivity index (χ2n) is 10.6. The van der Waals surface area contributed by atoms with Gasteiger partial charge >= 0.3 is 0 Å². The van der Waals surface area contributed by atoms with Crippen LogP contribution in [0.25, 0.3) is 11.1 Å². The Bertz CT molecular complexity index is 1800. The van der Waals surface area contributed by atoms with Crippen LogP contribution in [0.5, 0.6) is 0 Å². The average Bonchev–Trinajstić information content (AvgIpc) is 3.03. The first-order valence-electron chi connectivity index (χ1n) is 14.4. The first-order chi connectivity index (χ1) is 21.5. The van der Waals surface area contributed by atoms with Gasteiger partial charge in [-0.15, -0.1) is 0 Å². The van der Waals surface area contributed by atoms with E-state index in [9.17, 15) is 17.6 Å². The van der Waals surface area contributed by atoms with Crippen LogP contribution in [0.4, 0.5) is 35.9 Å². The lowest BCUT2D eigenvalue weighted by molar-refractivity contribution is -0.117. The highest BCUT2D eigenvalue weighted by Gasteiger charge is 2.34. The summed E-state index contributed by atoms with van der Waals surface area (Å²) in [6.45, 7) is 2.61. The normalized spacial score (nSPS) is 15.6. The maximum absolute atomic E-state index is 15.6. The highest BCUT2D eigenvalue weighted by atomic mass is 32.2. The number of piperazine rings is 1. The second-order valence-corrected chi connectivity index (χ2v) is 12.5. The molecule has 1 atom stereocenters. The van der Waals surface area contributed by atoms with Crippen molar-refractivity contribution in [3.8, 4) is 11.1 Å². The van der Waals surface area contributed by atoms with Crippen LogP contribution in [0, 0.1) is 17.5 Å². The van der Waals surface area contributed by atoms with E-state index in [4.69, 9.17) is 11.5 Å². The van der Waals surface area contributed by atoms with Gasteiger partial charge in [-0.25, -0.2) is 21.6 Å². The van der Waals surface area contributed by atoms with Gasteiger partial charge in [0, 0.05) is 60.8 Å². The minimum absolute atomic E-state index is 0.0382. The Hall–Kier alpha value is -4.46. The molecule has 2 heterocycles. The number of nitrogens with two attached hydrogens (primary N) is 2. The second kappa shape index (κ2) is 13.3. The lowest BCUT2D eigenvalue weighted by Crippen LogP contribution is -2.53. The van der Waals surface area contributed by atoms with E-state index in [2.05, 4.69) is 10.3 Å². The fourth-order valence-electron chi connectivity index (χ4n) is 5.54. The maximum Gasteiger partial charge on any atom is 0.243 e. The van der Waals surface area contributed by atoms with Gasteiger partial charge in [0.2, 0.25) is 15.9 Å². The predicted molar refractivity (Wildman–Crippen MR) is 168 cm³/mol. The van der Waals surface area contributed by atoms with E-state index in [1.165, 1.54) is 70.0 Å². The third-order valence-corrected chi connectivity index (χ3v) is 9.80. The number of aromatic nitrogens is 1. The molecule has 3 aromatic carbocycles. The minimum Gasteiger partial charge on any atom is -0.399 e. The first-order valence-corrected chi connectivity index (χ1v) is 15.8. The summed E-state index contributed by atoms with van der Waals surface area (Å²) in [6, 6.07) is 13.0. The van der Waals surface area contributed by atoms with Gasteiger partial charge in [-0.1, -0.05) is 6.92 Å². The number of nitrogens with zero attached hydrogens (tertiary/aromatic N) is 3. The number of rotatable bonds is 9. The summed E-state index contributed by atoms with van der Waals surface area (Å²) in [5.41, 5.74) is 12.9. The Morgan fingerprint density at radius 1 is 1.00 bits per heavy atom. The van der Waals surface area contributed by atoms with E-state index in [1.807, 2.05) is 0 Å². The Labute approximate surface area is 259 Å². The molecule has 1 amide bonds. The number of nitrogen functional groups attached to an aromatic ring is 2. The van der Waals surface area contributed by atoms with E-state index in [0.29, 0.717) is 24.5 Å². The molecule has 45 heavy (non-hydrogen) atoms. The van der Waals surface area contributed by atoms with Crippen LogP contribution >= 0.6 is 0 Å². The third kappa shape index (κ3) is 6.51. The lowest BCUT2D eigenvalue weighted by Gasteiger charge is -2.35. The van der Waals surface area contributed by atoms with Gasteiger partial charge in [0.1, 0.15) is 17.5 Å². The Morgan fingerprint density at radius 3 is 2.40 bits per heavy atom. The van der Waals surface area contributed by atoms with Crippen molar-refractivity contribution in [1.82, 2.24) is 14.6 Å². The molecule has 1 saturated heterocycles. The summed E-state index contributed by atoms with van der Waals surface area (Å²) < 4.78 is 73.0. The van der Waals surface area contributed by atoms with Gasteiger partial charge in [0.15, 0.2) is 0 Å². The van der Waals surface area contributed by atoms with Crippen LogP contribution in [-0.4, -0.2) is 49.3 Å². The van der Waals surface area contributed by atoms with Gasteiger partial charge in [0.05, 0.1) is 22.5 Å². The highest BCUT2D eigenvalue weighted by Crippen LogP contribution is 2.43. The molecule has 1 aromatic heterocycles. The molecule has 5 rings (SSSR count). The van der Waals surface area contributed by atoms with Crippen molar-refractivity contribution in [3.05, 3.63) is 96.1 Å². The molecule has 236 valence electrons. The standard InChI is InChI=1S/C32H33F3N6O3S/c1-2-30(42)41(22-7-3-20(33)4-8-22)29-14-13-27(34)32(37)31(29)26-18-39-19-28(35)25(26)12-9-23-17-38-15-16-40(23)45(43,44)24-10-5-21(36)6-11-24/h3-8,10-11,13-14,18-19,23,38H,2,9,12,15-17,36-37H2,1H3/t23-/m1/s1. The van der Waals surface area contributed by atoms with E-state index in [1.54, 1.807) is 6.92 Å². The quantitative estimate of drug-likeness (QED) is 0.220. The zero-order valence-corrected chi connectivity index (χ0v) is 25.3. The monoisotopic (exact) mass is 638 g/mol.